The van der Waals surface area contributed by atoms with E-state index in [1.807, 2.05) is 0 Å². The maximum absolute atomic E-state index is 11.8. The van der Waals surface area contributed by atoms with Crippen LogP contribution in [-0.2, 0) is 14.3 Å². The Labute approximate surface area is 108 Å². The number of aromatic nitrogens is 1. The molecule has 7 heteroatoms. The third kappa shape index (κ3) is 2.77. The molecule has 1 aromatic rings. The van der Waals surface area contributed by atoms with Gasteiger partial charge in [0.25, 0.3) is 5.91 Å². The summed E-state index contributed by atoms with van der Waals surface area (Å²) in [7, 11) is 0. The number of anilines is 1. The number of carbonyl (C=O) groups is 2. The summed E-state index contributed by atoms with van der Waals surface area (Å²) in [5, 5.41) is 11.7. The van der Waals surface area contributed by atoms with Crippen molar-refractivity contribution in [3.05, 3.63) is 23.5 Å². The van der Waals surface area contributed by atoms with Gasteiger partial charge in [0.2, 0.25) is 0 Å². The van der Waals surface area contributed by atoms with E-state index in [1.165, 1.54) is 12.4 Å². The van der Waals surface area contributed by atoms with Crippen molar-refractivity contribution in [3.8, 4) is 0 Å². The van der Waals surface area contributed by atoms with Crippen LogP contribution in [0.25, 0.3) is 0 Å². The second-order valence-electron chi connectivity index (χ2n) is 3.87. The smallest absolute Gasteiger partial charge is 0.332 e. The number of ether oxygens (including phenoxy) is 1. The molecule has 1 saturated heterocycles. The van der Waals surface area contributed by atoms with Crippen LogP contribution in [0.5, 0.6) is 0 Å². The number of hydrogen-bond acceptors (Lipinski definition) is 4. The Hall–Kier alpha value is -1.66. The molecule has 0 bridgehead atoms. The maximum atomic E-state index is 11.8. The molecule has 2 N–H and O–H groups in total. The highest BCUT2D eigenvalue weighted by atomic mass is 35.5. The monoisotopic (exact) mass is 270 g/mol. The molecule has 1 aromatic heterocycles. The Morgan fingerprint density at radius 3 is 2.78 bits per heavy atom. The average molecular weight is 271 g/mol. The van der Waals surface area contributed by atoms with Gasteiger partial charge in [0.1, 0.15) is 6.10 Å². The SMILES string of the molecule is O=C(Nc1cnccc1Cl)[C@@H]1CC[C@H](C(=O)O)O1. The van der Waals surface area contributed by atoms with Crippen molar-refractivity contribution >= 4 is 29.2 Å². The van der Waals surface area contributed by atoms with Crippen molar-refractivity contribution < 1.29 is 19.4 Å². The highest BCUT2D eigenvalue weighted by Crippen LogP contribution is 2.23. The molecule has 0 aromatic carbocycles. The molecule has 0 spiro atoms. The molecular weight excluding hydrogens is 260 g/mol. The summed E-state index contributed by atoms with van der Waals surface area (Å²) in [6, 6.07) is 1.55. The van der Waals surface area contributed by atoms with Crippen LogP contribution in [0.15, 0.2) is 18.5 Å². The van der Waals surface area contributed by atoms with Gasteiger partial charge in [-0.15, -0.1) is 0 Å². The summed E-state index contributed by atoms with van der Waals surface area (Å²) in [4.78, 5) is 26.3. The topological polar surface area (TPSA) is 88.5 Å². The molecule has 18 heavy (non-hydrogen) atoms. The maximum Gasteiger partial charge on any atom is 0.332 e. The number of rotatable bonds is 3. The second kappa shape index (κ2) is 5.32. The molecule has 6 nitrogen and oxygen atoms in total. The zero-order chi connectivity index (χ0) is 13.1. The molecule has 0 aliphatic carbocycles. The Kier molecular flexibility index (Phi) is 3.78. The third-order valence-corrected chi connectivity index (χ3v) is 2.94. The highest BCUT2D eigenvalue weighted by molar-refractivity contribution is 6.33. The second-order valence-corrected chi connectivity index (χ2v) is 4.28. The van der Waals surface area contributed by atoms with Crippen LogP contribution in [0.2, 0.25) is 5.02 Å². The van der Waals surface area contributed by atoms with Gasteiger partial charge in [0, 0.05) is 6.20 Å². The minimum absolute atomic E-state index is 0.328. The molecule has 96 valence electrons. The van der Waals surface area contributed by atoms with Crippen LogP contribution in [0, 0.1) is 0 Å². The molecule has 1 aliphatic rings. The fraction of sp³-hybridized carbons (Fsp3) is 0.364. The summed E-state index contributed by atoms with van der Waals surface area (Å²) in [6.45, 7) is 0. The van der Waals surface area contributed by atoms with Crippen molar-refractivity contribution in [3.63, 3.8) is 0 Å². The Bertz CT molecular complexity index is 480. The number of pyridine rings is 1. The molecular formula is C11H11ClN2O4. The van der Waals surface area contributed by atoms with Gasteiger partial charge in [0.05, 0.1) is 16.9 Å². The van der Waals surface area contributed by atoms with E-state index in [9.17, 15) is 9.59 Å². The highest BCUT2D eigenvalue weighted by Gasteiger charge is 2.34. The summed E-state index contributed by atoms with van der Waals surface area (Å²) < 4.78 is 5.12. The first-order valence-corrected chi connectivity index (χ1v) is 5.74. The number of carboxylic acid groups (broad SMARTS) is 1. The molecule has 2 atom stereocenters. The number of aliphatic carboxylic acids is 1. The Morgan fingerprint density at radius 1 is 1.44 bits per heavy atom. The van der Waals surface area contributed by atoms with Crippen LogP contribution in [0.4, 0.5) is 5.69 Å². The lowest BCUT2D eigenvalue weighted by Crippen LogP contribution is -2.30. The van der Waals surface area contributed by atoms with E-state index in [4.69, 9.17) is 21.4 Å². The van der Waals surface area contributed by atoms with Gasteiger partial charge in [-0.2, -0.15) is 0 Å². The zero-order valence-corrected chi connectivity index (χ0v) is 10.1. The Morgan fingerprint density at radius 2 is 2.17 bits per heavy atom. The first kappa shape index (κ1) is 12.8. The fourth-order valence-corrected chi connectivity index (χ4v) is 1.85. The van der Waals surface area contributed by atoms with E-state index in [0.29, 0.717) is 23.6 Å². The fourth-order valence-electron chi connectivity index (χ4n) is 1.69. The number of nitrogens with one attached hydrogen (secondary N) is 1. The molecule has 0 unspecified atom stereocenters. The first-order chi connectivity index (χ1) is 8.58. The molecule has 1 aliphatic heterocycles. The van der Waals surface area contributed by atoms with Crippen LogP contribution >= 0.6 is 11.6 Å². The van der Waals surface area contributed by atoms with E-state index >= 15 is 0 Å². The summed E-state index contributed by atoms with van der Waals surface area (Å²) in [5.41, 5.74) is 0.381. The lowest BCUT2D eigenvalue weighted by Gasteiger charge is -2.12. The largest absolute Gasteiger partial charge is 0.479 e. The van der Waals surface area contributed by atoms with Crippen molar-refractivity contribution in [2.75, 3.05) is 5.32 Å². The van der Waals surface area contributed by atoms with E-state index in [-0.39, 0.29) is 0 Å². The lowest BCUT2D eigenvalue weighted by atomic mass is 10.2. The first-order valence-electron chi connectivity index (χ1n) is 5.36. The van der Waals surface area contributed by atoms with Gasteiger partial charge in [-0.25, -0.2) is 4.79 Å². The molecule has 0 radical (unpaired) electrons. The molecule has 2 heterocycles. The Balaban J connectivity index is 1.98. The van der Waals surface area contributed by atoms with Gasteiger partial charge in [-0.05, 0) is 18.9 Å². The number of halogens is 1. The zero-order valence-electron chi connectivity index (χ0n) is 9.30. The van der Waals surface area contributed by atoms with Gasteiger partial charge in [0.15, 0.2) is 6.10 Å². The van der Waals surface area contributed by atoms with Crippen LogP contribution in [-0.4, -0.2) is 34.2 Å². The summed E-state index contributed by atoms with van der Waals surface area (Å²) >= 11 is 5.86. The number of nitrogens with zero attached hydrogens (tertiary/aromatic N) is 1. The van der Waals surface area contributed by atoms with Crippen molar-refractivity contribution in [2.24, 2.45) is 0 Å². The molecule has 0 saturated carbocycles. The number of carboxylic acids is 1. The number of amides is 1. The lowest BCUT2D eigenvalue weighted by molar-refractivity contribution is -0.150. The van der Waals surface area contributed by atoms with E-state index in [0.717, 1.165) is 0 Å². The molecule has 1 amide bonds. The minimum atomic E-state index is -1.05. The third-order valence-electron chi connectivity index (χ3n) is 2.61. The van der Waals surface area contributed by atoms with Crippen LogP contribution < -0.4 is 5.32 Å². The van der Waals surface area contributed by atoms with Gasteiger partial charge in [-0.1, -0.05) is 11.6 Å². The quantitative estimate of drug-likeness (QED) is 0.864. The summed E-state index contributed by atoms with van der Waals surface area (Å²) in [5.74, 6) is -1.46. The molecule has 2 rings (SSSR count). The van der Waals surface area contributed by atoms with Crippen molar-refractivity contribution in [2.45, 2.75) is 25.0 Å². The van der Waals surface area contributed by atoms with Gasteiger partial charge >= 0.3 is 5.97 Å². The van der Waals surface area contributed by atoms with E-state index in [1.54, 1.807) is 6.07 Å². The number of carbonyl (C=O) groups excluding carboxylic acids is 1. The van der Waals surface area contributed by atoms with Crippen LogP contribution in [0.3, 0.4) is 0 Å². The van der Waals surface area contributed by atoms with E-state index in [2.05, 4.69) is 10.3 Å². The summed E-state index contributed by atoms with van der Waals surface area (Å²) in [6.07, 6.45) is 1.95. The normalized spacial score (nSPS) is 22.7. The van der Waals surface area contributed by atoms with Crippen molar-refractivity contribution in [1.82, 2.24) is 4.98 Å². The van der Waals surface area contributed by atoms with Gasteiger partial charge in [-0.3, -0.25) is 9.78 Å². The van der Waals surface area contributed by atoms with Gasteiger partial charge < -0.3 is 15.2 Å². The number of hydrogen-bond donors (Lipinski definition) is 2. The molecule has 1 fully saturated rings. The standard InChI is InChI=1S/C11H11ClN2O4/c12-6-3-4-13-5-7(6)14-10(15)8-1-2-9(18-8)11(16)17/h3-5,8-9H,1-2H2,(H,14,15)(H,16,17)/t8-,9+/m0/s1. The predicted octanol–water partition coefficient (Wildman–Crippen LogP) is 1.31. The van der Waals surface area contributed by atoms with E-state index < -0.39 is 24.1 Å². The minimum Gasteiger partial charge on any atom is -0.479 e. The van der Waals surface area contributed by atoms with Crippen molar-refractivity contribution in [1.29, 1.82) is 0 Å². The van der Waals surface area contributed by atoms with Crippen LogP contribution in [0.1, 0.15) is 12.8 Å². The predicted molar refractivity (Wildman–Crippen MR) is 63.4 cm³/mol. The average Bonchev–Trinajstić information content (AvgIpc) is 2.81.